The molecule has 0 radical (unpaired) electrons. The van der Waals surface area contributed by atoms with Crippen LogP contribution in [0, 0.1) is 0 Å². The fraction of sp³-hybridized carbons (Fsp3) is 0.278. The van der Waals surface area contributed by atoms with Gasteiger partial charge in [0, 0.05) is 21.1 Å². The third-order valence-electron chi connectivity index (χ3n) is 4.35. The van der Waals surface area contributed by atoms with E-state index in [9.17, 15) is 9.90 Å². The average molecular weight is 429 g/mol. The molecule has 1 aliphatic heterocycles. The molecule has 1 heterocycles. The molecule has 2 aromatic rings. The second-order valence-electron chi connectivity index (χ2n) is 5.85. The minimum absolute atomic E-state index is 0.216. The van der Waals surface area contributed by atoms with Crippen molar-refractivity contribution in [3.63, 3.8) is 0 Å². The molecule has 2 atom stereocenters. The van der Waals surface area contributed by atoms with E-state index in [0.29, 0.717) is 16.5 Å². The van der Waals surface area contributed by atoms with Crippen LogP contribution in [-0.2, 0) is 4.79 Å². The Kier molecular flexibility index (Phi) is 5.50. The maximum absolute atomic E-state index is 11.7. The van der Waals surface area contributed by atoms with Gasteiger partial charge in [-0.1, -0.05) is 57.3 Å². The lowest BCUT2D eigenvalue weighted by molar-refractivity contribution is -0.142. The molecule has 24 heavy (non-hydrogen) atoms. The first-order valence-electron chi connectivity index (χ1n) is 7.66. The predicted molar refractivity (Wildman–Crippen MR) is 99.8 cm³/mol. The molecule has 1 fully saturated rings. The minimum atomic E-state index is -0.792. The summed E-state index contributed by atoms with van der Waals surface area (Å²) in [7, 11) is 0. The van der Waals surface area contributed by atoms with Crippen molar-refractivity contribution >= 4 is 45.1 Å². The predicted octanol–water partition coefficient (Wildman–Crippen LogP) is 5.39. The molecule has 126 valence electrons. The minimum Gasteiger partial charge on any atom is -0.480 e. The summed E-state index contributed by atoms with van der Waals surface area (Å²) < 4.78 is 0.975. The Morgan fingerprint density at radius 3 is 2.54 bits per heavy atom. The standard InChI is InChI=1S/C18H16BrCl2NO2/c19-12-5-3-11(4-6-12)17(14-8-7-13(20)10-15(14)21)22-9-1-2-16(22)18(23)24/h3-8,10,16-17H,1-2,9H2,(H,23,24). The van der Waals surface area contributed by atoms with Gasteiger partial charge in [0.1, 0.15) is 6.04 Å². The number of benzene rings is 2. The molecule has 1 saturated heterocycles. The van der Waals surface area contributed by atoms with Crippen molar-refractivity contribution in [2.24, 2.45) is 0 Å². The first-order valence-corrected chi connectivity index (χ1v) is 9.21. The third-order valence-corrected chi connectivity index (χ3v) is 5.44. The molecule has 6 heteroatoms. The van der Waals surface area contributed by atoms with Crippen molar-refractivity contribution in [1.29, 1.82) is 0 Å². The van der Waals surface area contributed by atoms with E-state index in [4.69, 9.17) is 23.2 Å². The number of halogens is 3. The van der Waals surface area contributed by atoms with E-state index in [1.807, 2.05) is 35.2 Å². The molecule has 2 unspecified atom stereocenters. The molecule has 3 rings (SSSR count). The van der Waals surface area contributed by atoms with Crippen LogP contribution in [0.5, 0.6) is 0 Å². The van der Waals surface area contributed by atoms with Gasteiger partial charge < -0.3 is 5.11 Å². The van der Waals surface area contributed by atoms with Crippen LogP contribution in [0.15, 0.2) is 46.9 Å². The summed E-state index contributed by atoms with van der Waals surface area (Å²) in [5, 5.41) is 10.7. The highest BCUT2D eigenvalue weighted by atomic mass is 79.9. The normalized spacial score (nSPS) is 19.4. The summed E-state index contributed by atoms with van der Waals surface area (Å²) in [5.41, 5.74) is 1.88. The van der Waals surface area contributed by atoms with Gasteiger partial charge in [0.2, 0.25) is 0 Å². The highest BCUT2D eigenvalue weighted by Gasteiger charge is 2.37. The Labute approximate surface area is 159 Å². The van der Waals surface area contributed by atoms with Crippen molar-refractivity contribution in [3.05, 3.63) is 68.1 Å². The Bertz CT molecular complexity index is 751. The lowest BCUT2D eigenvalue weighted by atomic mass is 9.96. The van der Waals surface area contributed by atoms with Gasteiger partial charge in [-0.25, -0.2) is 0 Å². The van der Waals surface area contributed by atoms with Crippen LogP contribution < -0.4 is 0 Å². The van der Waals surface area contributed by atoms with Crippen LogP contribution >= 0.6 is 39.1 Å². The largest absolute Gasteiger partial charge is 0.480 e. The first kappa shape index (κ1) is 17.7. The van der Waals surface area contributed by atoms with Gasteiger partial charge in [-0.15, -0.1) is 0 Å². The number of likely N-dealkylation sites (tertiary alicyclic amines) is 1. The van der Waals surface area contributed by atoms with Crippen molar-refractivity contribution in [2.45, 2.75) is 24.9 Å². The van der Waals surface area contributed by atoms with Crippen LogP contribution in [0.3, 0.4) is 0 Å². The highest BCUT2D eigenvalue weighted by Crippen LogP contribution is 2.39. The fourth-order valence-corrected chi connectivity index (χ4v) is 4.06. The van der Waals surface area contributed by atoms with Gasteiger partial charge >= 0.3 is 5.97 Å². The molecule has 1 aliphatic rings. The summed E-state index contributed by atoms with van der Waals surface area (Å²) in [6.45, 7) is 0.719. The van der Waals surface area contributed by atoms with E-state index in [2.05, 4.69) is 15.9 Å². The highest BCUT2D eigenvalue weighted by molar-refractivity contribution is 9.10. The SMILES string of the molecule is O=C(O)C1CCCN1C(c1ccc(Br)cc1)c1ccc(Cl)cc1Cl. The molecule has 0 saturated carbocycles. The van der Waals surface area contributed by atoms with Crippen molar-refractivity contribution in [2.75, 3.05) is 6.54 Å². The van der Waals surface area contributed by atoms with Crippen LogP contribution in [0.1, 0.15) is 30.0 Å². The Morgan fingerprint density at radius 1 is 1.21 bits per heavy atom. The number of hydrogen-bond acceptors (Lipinski definition) is 2. The molecular weight excluding hydrogens is 413 g/mol. The Hall–Kier alpha value is -1.07. The van der Waals surface area contributed by atoms with Crippen LogP contribution in [0.2, 0.25) is 10.0 Å². The number of aliphatic carboxylic acids is 1. The van der Waals surface area contributed by atoms with E-state index in [-0.39, 0.29) is 6.04 Å². The second-order valence-corrected chi connectivity index (χ2v) is 7.61. The van der Waals surface area contributed by atoms with Gasteiger partial charge in [0.25, 0.3) is 0 Å². The van der Waals surface area contributed by atoms with Crippen molar-refractivity contribution in [1.82, 2.24) is 4.90 Å². The molecule has 0 amide bonds. The van der Waals surface area contributed by atoms with E-state index in [1.165, 1.54) is 0 Å². The molecule has 0 aromatic heterocycles. The van der Waals surface area contributed by atoms with Gasteiger partial charge in [-0.2, -0.15) is 0 Å². The quantitative estimate of drug-likeness (QED) is 0.709. The average Bonchev–Trinajstić information content (AvgIpc) is 3.01. The van der Waals surface area contributed by atoms with E-state index in [0.717, 1.165) is 28.6 Å². The smallest absolute Gasteiger partial charge is 0.320 e. The monoisotopic (exact) mass is 427 g/mol. The van der Waals surface area contributed by atoms with Crippen LogP contribution in [-0.4, -0.2) is 28.6 Å². The van der Waals surface area contributed by atoms with E-state index >= 15 is 0 Å². The number of carboxylic acids is 1. The maximum Gasteiger partial charge on any atom is 0.320 e. The third kappa shape index (κ3) is 3.62. The van der Waals surface area contributed by atoms with Crippen LogP contribution in [0.25, 0.3) is 0 Å². The van der Waals surface area contributed by atoms with Gasteiger partial charge in [-0.05, 0) is 48.2 Å². The fourth-order valence-electron chi connectivity index (χ4n) is 3.28. The Balaban J connectivity index is 2.10. The molecular formula is C18H16BrCl2NO2. The molecule has 0 spiro atoms. The number of rotatable bonds is 4. The summed E-state index contributed by atoms with van der Waals surface area (Å²) in [6, 6.07) is 12.6. The zero-order valence-electron chi connectivity index (χ0n) is 12.8. The summed E-state index contributed by atoms with van der Waals surface area (Å²) in [5.74, 6) is -0.792. The molecule has 2 aromatic carbocycles. The second kappa shape index (κ2) is 7.44. The lowest BCUT2D eigenvalue weighted by Gasteiger charge is -2.32. The molecule has 3 nitrogen and oxygen atoms in total. The Morgan fingerprint density at radius 2 is 1.92 bits per heavy atom. The van der Waals surface area contributed by atoms with E-state index in [1.54, 1.807) is 12.1 Å². The zero-order valence-corrected chi connectivity index (χ0v) is 15.9. The van der Waals surface area contributed by atoms with Crippen LogP contribution in [0.4, 0.5) is 0 Å². The first-order chi connectivity index (χ1) is 11.5. The number of hydrogen-bond donors (Lipinski definition) is 1. The van der Waals surface area contributed by atoms with Crippen molar-refractivity contribution in [3.8, 4) is 0 Å². The molecule has 0 aliphatic carbocycles. The summed E-state index contributed by atoms with van der Waals surface area (Å²) >= 11 is 15.9. The molecule has 0 bridgehead atoms. The van der Waals surface area contributed by atoms with Gasteiger partial charge in [0.15, 0.2) is 0 Å². The topological polar surface area (TPSA) is 40.5 Å². The lowest BCUT2D eigenvalue weighted by Crippen LogP contribution is -2.39. The number of carbonyl (C=O) groups is 1. The summed E-state index contributed by atoms with van der Waals surface area (Å²) in [4.78, 5) is 13.7. The molecule has 1 N–H and O–H groups in total. The number of nitrogens with zero attached hydrogens (tertiary/aromatic N) is 1. The van der Waals surface area contributed by atoms with Crippen molar-refractivity contribution < 1.29 is 9.90 Å². The zero-order chi connectivity index (χ0) is 17.3. The van der Waals surface area contributed by atoms with Gasteiger partial charge in [-0.3, -0.25) is 9.69 Å². The summed E-state index contributed by atoms with van der Waals surface area (Å²) in [6.07, 6.45) is 1.50. The maximum atomic E-state index is 11.7. The van der Waals surface area contributed by atoms with Gasteiger partial charge in [0.05, 0.1) is 6.04 Å². The number of carboxylic acid groups (broad SMARTS) is 1. The van der Waals surface area contributed by atoms with E-state index < -0.39 is 12.0 Å².